The maximum atomic E-state index is 11.0. The summed E-state index contributed by atoms with van der Waals surface area (Å²) in [4.78, 5) is 11.0. The second-order valence-electron chi connectivity index (χ2n) is 3.66. The monoisotopic (exact) mass is 208 g/mol. The lowest BCUT2D eigenvalue weighted by molar-refractivity contribution is -0.150. The average molecular weight is 208 g/mol. The van der Waals surface area contributed by atoms with Crippen LogP contribution < -0.4 is 0 Å². The van der Waals surface area contributed by atoms with Gasteiger partial charge in [-0.15, -0.1) is 0 Å². The number of ether oxygens (including phenoxy) is 1. The van der Waals surface area contributed by atoms with Crippen molar-refractivity contribution in [2.45, 2.75) is 26.4 Å². The average Bonchev–Trinajstić information content (AvgIpc) is 2.22. The second kappa shape index (κ2) is 4.94. The van der Waals surface area contributed by atoms with Crippen LogP contribution in [-0.2, 0) is 16.0 Å². The van der Waals surface area contributed by atoms with E-state index in [0.717, 1.165) is 11.1 Å². The van der Waals surface area contributed by atoms with Crippen LogP contribution in [0.25, 0.3) is 0 Å². The summed E-state index contributed by atoms with van der Waals surface area (Å²) < 4.78 is 4.45. The number of aryl methyl sites for hydroxylation is 2. The number of aliphatic hydroxyl groups is 1. The summed E-state index contributed by atoms with van der Waals surface area (Å²) in [6.07, 6.45) is -0.773. The summed E-state index contributed by atoms with van der Waals surface area (Å²) >= 11 is 0. The van der Waals surface area contributed by atoms with Crippen LogP contribution in [0.15, 0.2) is 18.2 Å². The second-order valence-corrected chi connectivity index (χ2v) is 3.66. The summed E-state index contributed by atoms with van der Waals surface area (Å²) in [5, 5.41) is 9.46. The van der Waals surface area contributed by atoms with Crippen molar-refractivity contribution in [1.29, 1.82) is 0 Å². The van der Waals surface area contributed by atoms with Gasteiger partial charge in [0.25, 0.3) is 0 Å². The minimum absolute atomic E-state index is 0.299. The van der Waals surface area contributed by atoms with Crippen molar-refractivity contribution in [3.8, 4) is 0 Å². The van der Waals surface area contributed by atoms with Crippen LogP contribution >= 0.6 is 0 Å². The Labute approximate surface area is 89.7 Å². The number of benzene rings is 1. The first-order valence-electron chi connectivity index (χ1n) is 4.86. The summed E-state index contributed by atoms with van der Waals surface area (Å²) in [5.74, 6) is -0.590. The van der Waals surface area contributed by atoms with E-state index in [1.54, 1.807) is 0 Å². The van der Waals surface area contributed by atoms with Gasteiger partial charge >= 0.3 is 5.97 Å². The van der Waals surface area contributed by atoms with Crippen molar-refractivity contribution >= 4 is 5.97 Å². The number of esters is 1. The first-order valence-corrected chi connectivity index (χ1v) is 4.86. The lowest BCUT2D eigenvalue weighted by Crippen LogP contribution is -2.24. The maximum absolute atomic E-state index is 11.0. The molecule has 0 aliphatic rings. The molecule has 0 radical (unpaired) electrons. The Hall–Kier alpha value is -1.35. The smallest absolute Gasteiger partial charge is 0.335 e. The van der Waals surface area contributed by atoms with Crippen LogP contribution in [-0.4, -0.2) is 24.3 Å². The van der Waals surface area contributed by atoms with Crippen molar-refractivity contribution in [3.05, 3.63) is 34.9 Å². The van der Waals surface area contributed by atoms with Gasteiger partial charge in [-0.25, -0.2) is 4.79 Å². The van der Waals surface area contributed by atoms with Crippen LogP contribution in [0.1, 0.15) is 16.7 Å². The maximum Gasteiger partial charge on any atom is 0.335 e. The zero-order valence-corrected chi connectivity index (χ0v) is 9.28. The molecule has 0 saturated heterocycles. The van der Waals surface area contributed by atoms with E-state index in [0.29, 0.717) is 6.42 Å². The molecule has 1 atom stereocenters. The molecular weight excluding hydrogens is 192 g/mol. The fourth-order valence-electron chi connectivity index (χ4n) is 1.37. The molecule has 3 heteroatoms. The van der Waals surface area contributed by atoms with E-state index >= 15 is 0 Å². The Balaban J connectivity index is 2.73. The van der Waals surface area contributed by atoms with Gasteiger partial charge < -0.3 is 9.84 Å². The molecule has 0 saturated carbocycles. The third kappa shape index (κ3) is 3.06. The Kier molecular flexibility index (Phi) is 3.86. The molecule has 1 aromatic rings. The normalized spacial score (nSPS) is 12.3. The van der Waals surface area contributed by atoms with Crippen LogP contribution in [0.5, 0.6) is 0 Å². The Bertz CT molecular complexity index is 358. The molecule has 3 nitrogen and oxygen atoms in total. The number of hydrogen-bond acceptors (Lipinski definition) is 3. The van der Waals surface area contributed by atoms with Gasteiger partial charge in [-0.1, -0.05) is 18.2 Å². The van der Waals surface area contributed by atoms with Gasteiger partial charge in [-0.3, -0.25) is 0 Å². The van der Waals surface area contributed by atoms with E-state index in [9.17, 15) is 9.90 Å². The quantitative estimate of drug-likeness (QED) is 0.763. The fourth-order valence-corrected chi connectivity index (χ4v) is 1.37. The minimum atomic E-state index is -1.07. The largest absolute Gasteiger partial charge is 0.467 e. The number of rotatable bonds is 3. The van der Waals surface area contributed by atoms with Gasteiger partial charge in [0.05, 0.1) is 7.11 Å². The predicted octanol–water partition coefficient (Wildman–Crippen LogP) is 1.38. The van der Waals surface area contributed by atoms with E-state index in [1.165, 1.54) is 12.7 Å². The number of hydrogen-bond donors (Lipinski definition) is 1. The molecule has 0 spiro atoms. The molecule has 15 heavy (non-hydrogen) atoms. The zero-order valence-electron chi connectivity index (χ0n) is 9.28. The molecule has 1 rings (SSSR count). The number of carbonyl (C=O) groups excluding carboxylic acids is 1. The van der Waals surface area contributed by atoms with Gasteiger partial charge in [0, 0.05) is 6.42 Å². The molecule has 0 fully saturated rings. The lowest BCUT2D eigenvalue weighted by Gasteiger charge is -2.09. The van der Waals surface area contributed by atoms with Crippen molar-refractivity contribution in [2.24, 2.45) is 0 Å². The molecule has 0 aliphatic heterocycles. The third-order valence-corrected chi connectivity index (χ3v) is 2.47. The van der Waals surface area contributed by atoms with Crippen molar-refractivity contribution in [3.63, 3.8) is 0 Å². The molecule has 0 aromatic heterocycles. The first kappa shape index (κ1) is 11.7. The van der Waals surface area contributed by atoms with Crippen LogP contribution in [0.4, 0.5) is 0 Å². The Morgan fingerprint density at radius 1 is 1.40 bits per heavy atom. The number of carbonyl (C=O) groups is 1. The third-order valence-electron chi connectivity index (χ3n) is 2.47. The van der Waals surface area contributed by atoms with E-state index in [2.05, 4.69) is 4.74 Å². The molecule has 0 aliphatic carbocycles. The number of aliphatic hydroxyl groups excluding tert-OH is 1. The summed E-state index contributed by atoms with van der Waals surface area (Å²) in [6, 6.07) is 5.87. The lowest BCUT2D eigenvalue weighted by atomic mass is 10.0. The Morgan fingerprint density at radius 3 is 2.60 bits per heavy atom. The highest BCUT2D eigenvalue weighted by atomic mass is 16.5. The standard InChI is InChI=1S/C12H16O3/c1-8-4-5-10(6-9(8)2)7-11(13)12(14)15-3/h4-6,11,13H,7H2,1-3H3. The highest BCUT2D eigenvalue weighted by molar-refractivity contribution is 5.74. The summed E-state index contributed by atoms with van der Waals surface area (Å²) in [6.45, 7) is 4.03. The van der Waals surface area contributed by atoms with E-state index in [-0.39, 0.29) is 0 Å². The van der Waals surface area contributed by atoms with Crippen molar-refractivity contribution in [1.82, 2.24) is 0 Å². The highest BCUT2D eigenvalue weighted by Crippen LogP contribution is 2.11. The van der Waals surface area contributed by atoms with Crippen LogP contribution in [0, 0.1) is 13.8 Å². The fraction of sp³-hybridized carbons (Fsp3) is 0.417. The first-order chi connectivity index (χ1) is 7.04. The molecule has 0 heterocycles. The number of methoxy groups -OCH3 is 1. The summed E-state index contributed by atoms with van der Waals surface area (Å²) in [7, 11) is 1.27. The minimum Gasteiger partial charge on any atom is -0.467 e. The van der Waals surface area contributed by atoms with Crippen molar-refractivity contribution < 1.29 is 14.6 Å². The van der Waals surface area contributed by atoms with Crippen molar-refractivity contribution in [2.75, 3.05) is 7.11 Å². The van der Waals surface area contributed by atoms with E-state index in [4.69, 9.17) is 0 Å². The van der Waals surface area contributed by atoms with Crippen LogP contribution in [0.3, 0.4) is 0 Å². The van der Waals surface area contributed by atoms with Gasteiger partial charge in [0.1, 0.15) is 0 Å². The topological polar surface area (TPSA) is 46.5 Å². The van der Waals surface area contributed by atoms with Gasteiger partial charge in [-0.2, -0.15) is 0 Å². The molecule has 82 valence electrons. The predicted molar refractivity (Wildman–Crippen MR) is 57.6 cm³/mol. The Morgan fingerprint density at radius 2 is 2.07 bits per heavy atom. The highest BCUT2D eigenvalue weighted by Gasteiger charge is 2.15. The van der Waals surface area contributed by atoms with E-state index in [1.807, 2.05) is 32.0 Å². The molecular formula is C12H16O3. The van der Waals surface area contributed by atoms with E-state index < -0.39 is 12.1 Å². The molecule has 0 bridgehead atoms. The van der Waals surface area contributed by atoms with Gasteiger partial charge in [0.2, 0.25) is 0 Å². The zero-order chi connectivity index (χ0) is 11.4. The summed E-state index contributed by atoms with van der Waals surface area (Å²) in [5.41, 5.74) is 3.30. The molecule has 1 N–H and O–H groups in total. The molecule has 1 aromatic carbocycles. The molecule has 1 unspecified atom stereocenters. The van der Waals surface area contributed by atoms with Crippen LogP contribution in [0.2, 0.25) is 0 Å². The van der Waals surface area contributed by atoms with Gasteiger partial charge in [-0.05, 0) is 30.5 Å². The van der Waals surface area contributed by atoms with Gasteiger partial charge in [0.15, 0.2) is 6.10 Å². The SMILES string of the molecule is COC(=O)C(O)Cc1ccc(C)c(C)c1. The molecule has 0 amide bonds.